The Morgan fingerprint density at radius 3 is 2.80 bits per heavy atom. The number of hydrogen-bond donors (Lipinski definition) is 2. The van der Waals surface area contributed by atoms with Crippen molar-refractivity contribution in [3.8, 4) is 0 Å². The number of anilines is 2. The molecular weight excluding hydrogens is 274 g/mol. The smallest absolute Gasteiger partial charge is 0.126 e. The van der Waals surface area contributed by atoms with Crippen molar-refractivity contribution in [2.75, 3.05) is 11.1 Å². The Morgan fingerprint density at radius 2 is 2.20 bits per heavy atom. The maximum atomic E-state index is 5.54. The molecule has 0 bridgehead atoms. The predicted molar refractivity (Wildman–Crippen MR) is 68.0 cm³/mol. The normalized spacial score (nSPS) is 10.2. The van der Waals surface area contributed by atoms with E-state index in [1.165, 1.54) is 4.88 Å². The number of nitrogen functional groups attached to an aromatic ring is 1. The summed E-state index contributed by atoms with van der Waals surface area (Å²) in [5.41, 5.74) is 6.22. The fourth-order valence-corrected chi connectivity index (χ4v) is 2.56. The minimum atomic E-state index is 0.680. The van der Waals surface area contributed by atoms with Gasteiger partial charge >= 0.3 is 0 Å². The van der Waals surface area contributed by atoms with Crippen molar-refractivity contribution in [1.82, 2.24) is 4.98 Å². The molecule has 0 atom stereocenters. The van der Waals surface area contributed by atoms with Crippen LogP contribution in [0.4, 0.5) is 11.5 Å². The van der Waals surface area contributed by atoms with Gasteiger partial charge in [-0.1, -0.05) is 0 Å². The second-order valence-corrected chi connectivity index (χ2v) is 5.58. The highest BCUT2D eigenvalue weighted by Gasteiger charge is 1.98. The van der Waals surface area contributed by atoms with Crippen molar-refractivity contribution in [2.45, 2.75) is 6.54 Å². The van der Waals surface area contributed by atoms with Crippen LogP contribution in [0.25, 0.3) is 0 Å². The number of nitrogens with one attached hydrogen (secondary N) is 1. The minimum absolute atomic E-state index is 0.680. The first-order chi connectivity index (χ1) is 7.24. The molecule has 0 amide bonds. The summed E-state index contributed by atoms with van der Waals surface area (Å²) in [7, 11) is 0. The van der Waals surface area contributed by atoms with E-state index in [-0.39, 0.29) is 0 Å². The highest BCUT2D eigenvalue weighted by molar-refractivity contribution is 9.11. The lowest BCUT2D eigenvalue weighted by Crippen LogP contribution is -1.99. The van der Waals surface area contributed by atoms with Crippen LogP contribution >= 0.6 is 27.3 Å². The third-order valence-electron chi connectivity index (χ3n) is 1.86. The fourth-order valence-electron chi connectivity index (χ4n) is 1.13. The zero-order valence-corrected chi connectivity index (χ0v) is 10.3. The number of pyridine rings is 1. The SMILES string of the molecule is Nc1ccc(NCc2ccc(Br)s2)nc1. The van der Waals surface area contributed by atoms with Gasteiger partial charge in [-0.3, -0.25) is 0 Å². The molecule has 3 nitrogen and oxygen atoms in total. The number of nitrogens with two attached hydrogens (primary N) is 1. The molecule has 0 radical (unpaired) electrons. The molecular formula is C10H10BrN3S. The van der Waals surface area contributed by atoms with Crippen molar-refractivity contribution < 1.29 is 0 Å². The van der Waals surface area contributed by atoms with Crippen LogP contribution < -0.4 is 11.1 Å². The Morgan fingerprint density at radius 1 is 1.33 bits per heavy atom. The number of hydrogen-bond acceptors (Lipinski definition) is 4. The molecule has 2 heterocycles. The van der Waals surface area contributed by atoms with Gasteiger partial charge in [0, 0.05) is 4.88 Å². The molecule has 0 unspecified atom stereocenters. The summed E-state index contributed by atoms with van der Waals surface area (Å²) >= 11 is 5.14. The minimum Gasteiger partial charge on any atom is -0.397 e. The highest BCUT2D eigenvalue weighted by Crippen LogP contribution is 2.22. The molecule has 0 aliphatic carbocycles. The molecule has 0 fully saturated rings. The van der Waals surface area contributed by atoms with Crippen LogP contribution in [0.5, 0.6) is 0 Å². The second-order valence-electron chi connectivity index (χ2n) is 3.04. The van der Waals surface area contributed by atoms with Gasteiger partial charge in [-0.25, -0.2) is 4.98 Å². The molecule has 15 heavy (non-hydrogen) atoms. The Hall–Kier alpha value is -1.07. The van der Waals surface area contributed by atoms with Crippen LogP contribution in [0.3, 0.4) is 0 Å². The van der Waals surface area contributed by atoms with E-state index >= 15 is 0 Å². The molecule has 0 saturated heterocycles. The van der Waals surface area contributed by atoms with E-state index in [1.807, 2.05) is 18.2 Å². The van der Waals surface area contributed by atoms with Crippen LogP contribution in [0.2, 0.25) is 0 Å². The lowest BCUT2D eigenvalue weighted by atomic mass is 10.4. The van der Waals surface area contributed by atoms with Crippen molar-refractivity contribution in [3.63, 3.8) is 0 Å². The van der Waals surface area contributed by atoms with E-state index in [0.717, 1.165) is 16.1 Å². The van der Waals surface area contributed by atoms with Gasteiger partial charge in [-0.2, -0.15) is 0 Å². The van der Waals surface area contributed by atoms with Gasteiger partial charge in [0.25, 0.3) is 0 Å². The largest absolute Gasteiger partial charge is 0.397 e. The number of halogens is 1. The number of aromatic nitrogens is 1. The van der Waals surface area contributed by atoms with E-state index in [9.17, 15) is 0 Å². The summed E-state index contributed by atoms with van der Waals surface area (Å²) in [5.74, 6) is 0.841. The molecule has 2 aromatic heterocycles. The van der Waals surface area contributed by atoms with E-state index in [0.29, 0.717) is 5.69 Å². The maximum absolute atomic E-state index is 5.54. The fraction of sp³-hybridized carbons (Fsp3) is 0.100. The van der Waals surface area contributed by atoms with Crippen LogP contribution in [0.15, 0.2) is 34.2 Å². The average molecular weight is 284 g/mol. The molecule has 0 saturated carbocycles. The summed E-state index contributed by atoms with van der Waals surface area (Å²) in [6, 6.07) is 7.83. The van der Waals surface area contributed by atoms with Crippen LogP contribution in [0.1, 0.15) is 4.88 Å². The Kier molecular flexibility index (Phi) is 3.23. The summed E-state index contributed by atoms with van der Waals surface area (Å²) in [5, 5.41) is 3.22. The Balaban J connectivity index is 1.96. The number of nitrogens with zero attached hydrogens (tertiary/aromatic N) is 1. The quantitative estimate of drug-likeness (QED) is 0.910. The summed E-state index contributed by atoms with van der Waals surface area (Å²) in [6.07, 6.45) is 1.65. The van der Waals surface area contributed by atoms with E-state index in [2.05, 4.69) is 32.3 Å². The molecule has 0 aromatic carbocycles. The molecule has 78 valence electrons. The Bertz CT molecular complexity index is 438. The molecule has 2 rings (SSSR count). The highest BCUT2D eigenvalue weighted by atomic mass is 79.9. The van der Waals surface area contributed by atoms with Gasteiger partial charge in [0.1, 0.15) is 5.82 Å². The van der Waals surface area contributed by atoms with Crippen molar-refractivity contribution in [2.24, 2.45) is 0 Å². The van der Waals surface area contributed by atoms with Gasteiger partial charge in [-0.05, 0) is 40.2 Å². The summed E-state index contributed by atoms with van der Waals surface area (Å²) in [4.78, 5) is 5.42. The topological polar surface area (TPSA) is 50.9 Å². The Labute approximate surface area is 100 Å². The van der Waals surface area contributed by atoms with Gasteiger partial charge in [-0.15, -0.1) is 11.3 Å². The predicted octanol–water partition coefficient (Wildman–Crippen LogP) is 3.10. The van der Waals surface area contributed by atoms with E-state index < -0.39 is 0 Å². The van der Waals surface area contributed by atoms with Gasteiger partial charge in [0.05, 0.1) is 22.2 Å². The molecule has 0 aliphatic rings. The van der Waals surface area contributed by atoms with E-state index in [1.54, 1.807) is 17.5 Å². The van der Waals surface area contributed by atoms with Gasteiger partial charge in [0.15, 0.2) is 0 Å². The number of thiophene rings is 1. The third kappa shape index (κ3) is 2.94. The second kappa shape index (κ2) is 4.63. The zero-order valence-electron chi connectivity index (χ0n) is 7.90. The summed E-state index contributed by atoms with van der Waals surface area (Å²) in [6.45, 7) is 0.785. The molecule has 0 aliphatic heterocycles. The third-order valence-corrected chi connectivity index (χ3v) is 3.48. The van der Waals surface area contributed by atoms with E-state index in [4.69, 9.17) is 5.73 Å². The maximum Gasteiger partial charge on any atom is 0.126 e. The average Bonchev–Trinajstić information content (AvgIpc) is 2.64. The summed E-state index contributed by atoms with van der Waals surface area (Å²) < 4.78 is 1.14. The first-order valence-electron chi connectivity index (χ1n) is 4.43. The first kappa shape index (κ1) is 10.4. The molecule has 5 heteroatoms. The van der Waals surface area contributed by atoms with Crippen molar-refractivity contribution >= 4 is 38.8 Å². The lowest BCUT2D eigenvalue weighted by molar-refractivity contribution is 1.14. The monoisotopic (exact) mass is 283 g/mol. The molecule has 3 N–H and O–H groups in total. The molecule has 2 aromatic rings. The zero-order chi connectivity index (χ0) is 10.7. The number of rotatable bonds is 3. The van der Waals surface area contributed by atoms with Gasteiger partial charge < -0.3 is 11.1 Å². The lowest BCUT2D eigenvalue weighted by Gasteiger charge is -2.03. The first-order valence-corrected chi connectivity index (χ1v) is 6.04. The van der Waals surface area contributed by atoms with Crippen molar-refractivity contribution in [1.29, 1.82) is 0 Å². The van der Waals surface area contributed by atoms with Crippen molar-refractivity contribution in [3.05, 3.63) is 39.1 Å². The van der Waals surface area contributed by atoms with Gasteiger partial charge in [0.2, 0.25) is 0 Å². The standard InChI is InChI=1S/C10H10BrN3S/c11-9-3-2-8(15-9)6-14-10-4-1-7(12)5-13-10/h1-5H,6,12H2,(H,13,14). The van der Waals surface area contributed by atoms with Crippen LogP contribution in [0, 0.1) is 0 Å². The molecule has 0 spiro atoms. The van der Waals surface area contributed by atoms with Crippen LogP contribution in [-0.2, 0) is 6.54 Å². The van der Waals surface area contributed by atoms with Crippen LogP contribution in [-0.4, -0.2) is 4.98 Å².